The Morgan fingerprint density at radius 1 is 1.00 bits per heavy atom. The Labute approximate surface area is 251 Å². The lowest BCUT2D eigenvalue weighted by Gasteiger charge is -2.23. The standard InChI is InChI=1S/C31H38ClN5O5/c1-4-37(5-2)16-15-36(3)19-21-7-6-8-23(17-21)31(41)34-27-14-11-24(32)18-26(27)30(40)29(35-33)22-9-12-25(13-10-22)42-20-28(38)39/h6-14,17-18,29,35H,4-5,15-16,19-20,33H2,1-3H3,(H,34,41)(H,38,39). The lowest BCUT2D eigenvalue weighted by atomic mass is 9.96. The number of hydrazine groups is 1. The molecule has 0 aromatic heterocycles. The number of carbonyl (C=O) groups is 3. The van der Waals surface area contributed by atoms with Crippen molar-refractivity contribution in [3.05, 3.63) is 94.0 Å². The molecule has 0 aliphatic carbocycles. The quantitative estimate of drug-likeness (QED) is 0.109. The molecule has 10 nitrogen and oxygen atoms in total. The van der Waals surface area contributed by atoms with E-state index >= 15 is 0 Å². The summed E-state index contributed by atoms with van der Waals surface area (Å²) in [5, 5.41) is 12.0. The van der Waals surface area contributed by atoms with Crippen LogP contribution in [0, 0.1) is 0 Å². The van der Waals surface area contributed by atoms with Crippen LogP contribution in [0.2, 0.25) is 5.02 Å². The molecule has 0 saturated carbocycles. The zero-order chi connectivity index (χ0) is 30.6. The van der Waals surface area contributed by atoms with Gasteiger partial charge in [-0.25, -0.2) is 10.2 Å². The van der Waals surface area contributed by atoms with Crippen molar-refractivity contribution in [2.75, 3.05) is 45.2 Å². The highest BCUT2D eigenvalue weighted by Crippen LogP contribution is 2.28. The average Bonchev–Trinajstić information content (AvgIpc) is 2.98. The Morgan fingerprint density at radius 2 is 1.71 bits per heavy atom. The maximum atomic E-state index is 13.6. The molecule has 11 heteroatoms. The average molecular weight is 596 g/mol. The van der Waals surface area contributed by atoms with Gasteiger partial charge in [-0.15, -0.1) is 0 Å². The molecule has 0 saturated heterocycles. The Morgan fingerprint density at radius 3 is 2.36 bits per heavy atom. The number of carboxylic acids is 1. The van der Waals surface area contributed by atoms with Crippen LogP contribution in [0.5, 0.6) is 5.75 Å². The monoisotopic (exact) mass is 595 g/mol. The molecular formula is C31H38ClN5O5. The van der Waals surface area contributed by atoms with Gasteiger partial charge in [-0.1, -0.05) is 49.7 Å². The summed E-state index contributed by atoms with van der Waals surface area (Å²) < 4.78 is 5.16. The minimum atomic E-state index is -1.10. The largest absolute Gasteiger partial charge is 0.482 e. The highest BCUT2D eigenvalue weighted by atomic mass is 35.5. The number of amides is 1. The first kappa shape index (κ1) is 32.7. The first-order valence-corrected chi connectivity index (χ1v) is 14.1. The molecule has 1 amide bonds. The van der Waals surface area contributed by atoms with Gasteiger partial charge < -0.3 is 25.0 Å². The van der Waals surface area contributed by atoms with Crippen LogP contribution in [-0.2, 0) is 11.3 Å². The molecule has 0 aliphatic rings. The Balaban J connectivity index is 1.75. The molecule has 224 valence electrons. The normalized spacial score (nSPS) is 11.9. The van der Waals surface area contributed by atoms with E-state index in [0.29, 0.717) is 28.4 Å². The number of ether oxygens (including phenoxy) is 1. The van der Waals surface area contributed by atoms with Crippen molar-refractivity contribution in [1.29, 1.82) is 0 Å². The number of Topliss-reactive ketones (excluding diaryl/α,β-unsaturated/α-hetero) is 1. The molecule has 1 atom stereocenters. The van der Waals surface area contributed by atoms with E-state index in [9.17, 15) is 14.4 Å². The van der Waals surface area contributed by atoms with Crippen LogP contribution in [0.15, 0.2) is 66.7 Å². The number of anilines is 1. The van der Waals surface area contributed by atoms with E-state index in [2.05, 4.69) is 41.4 Å². The van der Waals surface area contributed by atoms with Crippen LogP contribution < -0.4 is 21.3 Å². The van der Waals surface area contributed by atoms with Gasteiger partial charge in [0, 0.05) is 35.8 Å². The van der Waals surface area contributed by atoms with Gasteiger partial charge in [-0.05, 0) is 73.7 Å². The van der Waals surface area contributed by atoms with Gasteiger partial charge in [0.05, 0.1) is 5.69 Å². The van der Waals surface area contributed by atoms with Gasteiger partial charge in [0.2, 0.25) is 0 Å². The van der Waals surface area contributed by atoms with Crippen LogP contribution in [-0.4, -0.2) is 72.4 Å². The minimum absolute atomic E-state index is 0.178. The first-order valence-electron chi connectivity index (χ1n) is 13.7. The molecule has 5 N–H and O–H groups in total. The number of rotatable bonds is 16. The van der Waals surface area contributed by atoms with Crippen molar-refractivity contribution < 1.29 is 24.2 Å². The van der Waals surface area contributed by atoms with E-state index in [1.807, 2.05) is 18.2 Å². The number of nitrogens with two attached hydrogens (primary N) is 1. The van der Waals surface area contributed by atoms with Crippen LogP contribution >= 0.6 is 11.6 Å². The second kappa shape index (κ2) is 16.0. The number of halogens is 1. The molecule has 3 aromatic rings. The fourth-order valence-corrected chi connectivity index (χ4v) is 4.63. The Hall–Kier alpha value is -3.80. The zero-order valence-corrected chi connectivity index (χ0v) is 24.9. The third-order valence-electron chi connectivity index (χ3n) is 6.83. The molecule has 3 aromatic carbocycles. The summed E-state index contributed by atoms with van der Waals surface area (Å²) in [6.07, 6.45) is 0. The van der Waals surface area contributed by atoms with Crippen molar-refractivity contribution in [2.45, 2.75) is 26.4 Å². The highest BCUT2D eigenvalue weighted by molar-refractivity contribution is 6.31. The first-order chi connectivity index (χ1) is 20.1. The molecule has 0 aliphatic heterocycles. The molecular weight excluding hydrogens is 558 g/mol. The molecule has 0 bridgehead atoms. The lowest BCUT2D eigenvalue weighted by molar-refractivity contribution is -0.139. The third-order valence-corrected chi connectivity index (χ3v) is 7.07. The minimum Gasteiger partial charge on any atom is -0.482 e. The fourth-order valence-electron chi connectivity index (χ4n) is 4.46. The van der Waals surface area contributed by atoms with Crippen LogP contribution in [0.25, 0.3) is 0 Å². The maximum Gasteiger partial charge on any atom is 0.341 e. The van der Waals surface area contributed by atoms with E-state index < -0.39 is 24.4 Å². The summed E-state index contributed by atoms with van der Waals surface area (Å²) in [6, 6.07) is 17.4. The summed E-state index contributed by atoms with van der Waals surface area (Å²) in [7, 11) is 2.06. The van der Waals surface area contributed by atoms with Crippen molar-refractivity contribution in [3.63, 3.8) is 0 Å². The van der Waals surface area contributed by atoms with Crippen molar-refractivity contribution in [2.24, 2.45) is 5.84 Å². The predicted octanol–water partition coefficient (Wildman–Crippen LogP) is 4.22. The molecule has 0 heterocycles. The number of aliphatic carboxylic acids is 1. The van der Waals surface area contributed by atoms with E-state index in [1.54, 1.807) is 42.5 Å². The molecule has 0 spiro atoms. The van der Waals surface area contributed by atoms with Gasteiger partial charge in [-0.2, -0.15) is 0 Å². The number of nitrogens with one attached hydrogen (secondary N) is 2. The SMILES string of the molecule is CCN(CC)CCN(C)Cc1cccc(C(=O)Nc2ccc(Cl)cc2C(=O)C(NN)c2ccc(OCC(=O)O)cc2)c1. The maximum absolute atomic E-state index is 13.6. The van der Waals surface area contributed by atoms with Crippen LogP contribution in [0.4, 0.5) is 5.69 Å². The summed E-state index contributed by atoms with van der Waals surface area (Å²) in [4.78, 5) is 42.2. The van der Waals surface area contributed by atoms with Crippen molar-refractivity contribution in [3.8, 4) is 5.75 Å². The zero-order valence-electron chi connectivity index (χ0n) is 24.1. The fraction of sp³-hybridized carbons (Fsp3) is 0.323. The second-order valence-electron chi connectivity index (χ2n) is 9.82. The van der Waals surface area contributed by atoms with Gasteiger partial charge in [-0.3, -0.25) is 15.4 Å². The summed E-state index contributed by atoms with van der Waals surface area (Å²) in [5.74, 6) is 4.21. The Bertz CT molecular complexity index is 1360. The molecule has 3 rings (SSSR count). The predicted molar refractivity (Wildman–Crippen MR) is 164 cm³/mol. The summed E-state index contributed by atoms with van der Waals surface area (Å²) >= 11 is 6.23. The van der Waals surface area contributed by atoms with E-state index in [-0.39, 0.29) is 17.2 Å². The van der Waals surface area contributed by atoms with E-state index in [0.717, 1.165) is 31.7 Å². The number of hydrogen-bond acceptors (Lipinski definition) is 8. The molecule has 1 unspecified atom stereocenters. The van der Waals surface area contributed by atoms with Crippen LogP contribution in [0.3, 0.4) is 0 Å². The van der Waals surface area contributed by atoms with Gasteiger partial charge in [0.25, 0.3) is 5.91 Å². The van der Waals surface area contributed by atoms with Gasteiger partial charge in [0.15, 0.2) is 12.4 Å². The summed E-state index contributed by atoms with van der Waals surface area (Å²) in [6.45, 7) is 8.39. The van der Waals surface area contributed by atoms with E-state index in [4.69, 9.17) is 27.3 Å². The number of hydrogen-bond donors (Lipinski definition) is 4. The van der Waals surface area contributed by atoms with Crippen LogP contribution in [0.1, 0.15) is 51.7 Å². The summed E-state index contributed by atoms with van der Waals surface area (Å²) in [5.41, 5.74) is 4.96. The number of carbonyl (C=O) groups excluding carboxylic acids is 2. The topological polar surface area (TPSA) is 137 Å². The number of nitrogens with zero attached hydrogens (tertiary/aromatic N) is 2. The lowest BCUT2D eigenvalue weighted by Crippen LogP contribution is -2.34. The molecule has 0 fully saturated rings. The molecule has 42 heavy (non-hydrogen) atoms. The number of benzene rings is 3. The van der Waals surface area contributed by atoms with Gasteiger partial charge in [0.1, 0.15) is 11.8 Å². The number of ketones is 1. The van der Waals surface area contributed by atoms with E-state index in [1.165, 1.54) is 6.07 Å². The smallest absolute Gasteiger partial charge is 0.341 e. The van der Waals surface area contributed by atoms with Crippen molar-refractivity contribution in [1.82, 2.24) is 15.2 Å². The van der Waals surface area contributed by atoms with Gasteiger partial charge >= 0.3 is 5.97 Å². The Kier molecular flexibility index (Phi) is 12.5. The third kappa shape index (κ3) is 9.37. The molecule has 0 radical (unpaired) electrons. The highest BCUT2D eigenvalue weighted by Gasteiger charge is 2.25. The van der Waals surface area contributed by atoms with Crippen molar-refractivity contribution >= 4 is 34.9 Å². The second-order valence-corrected chi connectivity index (χ2v) is 10.3. The number of carboxylic acid groups (broad SMARTS) is 1. The number of likely N-dealkylation sites (N-methyl/N-ethyl adjacent to an activating group) is 2.